The van der Waals surface area contributed by atoms with Gasteiger partial charge >= 0.3 is 5.97 Å². The number of hydrogen-bond donors (Lipinski definition) is 0. The van der Waals surface area contributed by atoms with Crippen molar-refractivity contribution in [2.24, 2.45) is 0 Å². The molecule has 14 heavy (non-hydrogen) atoms. The molecule has 0 N–H and O–H groups in total. The van der Waals surface area contributed by atoms with Gasteiger partial charge in [-0.15, -0.1) is 0 Å². The summed E-state index contributed by atoms with van der Waals surface area (Å²) in [5.74, 6) is -0.288. The van der Waals surface area contributed by atoms with Crippen LogP contribution in [0.15, 0.2) is 23.8 Å². The van der Waals surface area contributed by atoms with E-state index in [1.54, 1.807) is 0 Å². The molecule has 0 aliphatic rings. The van der Waals surface area contributed by atoms with Crippen molar-refractivity contribution in [1.82, 2.24) is 0 Å². The first-order valence-electron chi connectivity index (χ1n) is 4.52. The van der Waals surface area contributed by atoms with Gasteiger partial charge in [-0.25, -0.2) is 4.79 Å². The molecule has 1 atom stereocenters. The molecule has 2 nitrogen and oxygen atoms in total. The quantitative estimate of drug-likeness (QED) is 0.329. The maximum atomic E-state index is 10.9. The molecule has 0 radical (unpaired) electrons. The van der Waals surface area contributed by atoms with E-state index in [1.807, 2.05) is 13.8 Å². The number of ether oxygens (including phenoxy) is 1. The van der Waals surface area contributed by atoms with Gasteiger partial charge in [-0.1, -0.05) is 33.7 Å². The third kappa shape index (κ3) is 5.97. The van der Waals surface area contributed by atoms with Gasteiger partial charge in [0.25, 0.3) is 0 Å². The lowest BCUT2D eigenvalue weighted by Crippen LogP contribution is -2.00. The van der Waals surface area contributed by atoms with Crippen molar-refractivity contribution in [1.29, 1.82) is 0 Å². The first kappa shape index (κ1) is 13.4. The molecule has 0 aliphatic carbocycles. The number of halogens is 1. The lowest BCUT2D eigenvalue weighted by Gasteiger charge is -2.08. The highest BCUT2D eigenvalue weighted by Gasteiger charge is 2.05. The molecule has 0 aromatic rings. The second-order valence-electron chi connectivity index (χ2n) is 3.37. The van der Waals surface area contributed by atoms with Crippen LogP contribution in [0.4, 0.5) is 0 Å². The van der Waals surface area contributed by atoms with E-state index < -0.39 is 0 Å². The molecular formula is C11H17BrO2. The SMILES string of the molecule is C=C(C)C(Br)CC/C(C)=C/C(=O)OC. The van der Waals surface area contributed by atoms with E-state index in [4.69, 9.17) is 0 Å². The Morgan fingerprint density at radius 3 is 2.57 bits per heavy atom. The van der Waals surface area contributed by atoms with E-state index >= 15 is 0 Å². The predicted molar refractivity (Wildman–Crippen MR) is 62.5 cm³/mol. The third-order valence-electron chi connectivity index (χ3n) is 1.89. The predicted octanol–water partition coefficient (Wildman–Crippen LogP) is 3.23. The first-order chi connectivity index (χ1) is 6.47. The van der Waals surface area contributed by atoms with Gasteiger partial charge in [0, 0.05) is 10.9 Å². The van der Waals surface area contributed by atoms with Crippen molar-refractivity contribution in [3.05, 3.63) is 23.8 Å². The zero-order valence-corrected chi connectivity index (χ0v) is 10.6. The molecule has 0 amide bonds. The van der Waals surface area contributed by atoms with E-state index in [-0.39, 0.29) is 5.97 Å². The summed E-state index contributed by atoms with van der Waals surface area (Å²) in [6.07, 6.45) is 3.35. The zero-order chi connectivity index (χ0) is 11.1. The van der Waals surface area contributed by atoms with Crippen LogP contribution in [0.2, 0.25) is 0 Å². The molecule has 0 spiro atoms. The molecule has 0 heterocycles. The van der Waals surface area contributed by atoms with E-state index in [2.05, 4.69) is 27.2 Å². The van der Waals surface area contributed by atoms with Crippen LogP contribution in [0.5, 0.6) is 0 Å². The number of carbonyl (C=O) groups is 1. The molecule has 0 rings (SSSR count). The summed E-state index contributed by atoms with van der Waals surface area (Å²) >= 11 is 3.51. The molecule has 0 aromatic heterocycles. The van der Waals surface area contributed by atoms with Crippen molar-refractivity contribution in [3.8, 4) is 0 Å². The molecule has 3 heteroatoms. The van der Waals surface area contributed by atoms with Crippen LogP contribution < -0.4 is 0 Å². The van der Waals surface area contributed by atoms with E-state index in [0.29, 0.717) is 4.83 Å². The van der Waals surface area contributed by atoms with E-state index in [1.165, 1.54) is 13.2 Å². The summed E-state index contributed by atoms with van der Waals surface area (Å²) < 4.78 is 4.53. The number of alkyl halides is 1. The lowest BCUT2D eigenvalue weighted by atomic mass is 10.1. The minimum absolute atomic E-state index is 0.288. The molecule has 1 unspecified atom stereocenters. The van der Waals surface area contributed by atoms with Crippen LogP contribution >= 0.6 is 15.9 Å². The largest absolute Gasteiger partial charge is 0.466 e. The van der Waals surface area contributed by atoms with Gasteiger partial charge in [0.1, 0.15) is 0 Å². The first-order valence-corrected chi connectivity index (χ1v) is 5.43. The van der Waals surface area contributed by atoms with Crippen molar-refractivity contribution in [2.75, 3.05) is 7.11 Å². The second kappa shape index (κ2) is 6.82. The van der Waals surface area contributed by atoms with Crippen LogP contribution in [0.25, 0.3) is 0 Å². The Balaban J connectivity index is 3.96. The highest BCUT2D eigenvalue weighted by Crippen LogP contribution is 2.18. The zero-order valence-electron chi connectivity index (χ0n) is 8.97. The Morgan fingerprint density at radius 1 is 1.57 bits per heavy atom. The minimum atomic E-state index is -0.288. The summed E-state index contributed by atoms with van der Waals surface area (Å²) in [7, 11) is 1.38. The average Bonchev–Trinajstić information content (AvgIpc) is 2.13. The van der Waals surface area contributed by atoms with E-state index in [9.17, 15) is 4.79 Å². The number of allylic oxidation sites excluding steroid dienone is 2. The number of carbonyl (C=O) groups excluding carboxylic acids is 1. The molecule has 0 saturated carbocycles. The molecule has 0 aromatic carbocycles. The van der Waals surface area contributed by atoms with Crippen LogP contribution in [-0.2, 0) is 9.53 Å². The summed E-state index contributed by atoms with van der Waals surface area (Å²) in [6.45, 7) is 7.76. The monoisotopic (exact) mass is 260 g/mol. The summed E-state index contributed by atoms with van der Waals surface area (Å²) in [4.78, 5) is 11.2. The number of methoxy groups -OCH3 is 1. The summed E-state index contributed by atoms with van der Waals surface area (Å²) in [6, 6.07) is 0. The highest BCUT2D eigenvalue weighted by molar-refractivity contribution is 9.09. The minimum Gasteiger partial charge on any atom is -0.466 e. The van der Waals surface area contributed by atoms with Crippen molar-refractivity contribution in [3.63, 3.8) is 0 Å². The van der Waals surface area contributed by atoms with Crippen molar-refractivity contribution >= 4 is 21.9 Å². The Labute approximate surface area is 94.2 Å². The second-order valence-corrected chi connectivity index (χ2v) is 4.47. The average molecular weight is 261 g/mol. The molecular weight excluding hydrogens is 244 g/mol. The maximum absolute atomic E-state index is 10.9. The highest BCUT2D eigenvalue weighted by atomic mass is 79.9. The Kier molecular flexibility index (Phi) is 6.54. The standard InChI is InChI=1S/C11H17BrO2/c1-8(2)10(12)6-5-9(3)7-11(13)14-4/h7,10H,1,5-6H2,2-4H3/b9-7+. The molecule has 0 bridgehead atoms. The fourth-order valence-corrected chi connectivity index (χ4v) is 1.16. The van der Waals surface area contributed by atoms with E-state index in [0.717, 1.165) is 24.0 Å². The maximum Gasteiger partial charge on any atom is 0.330 e. The van der Waals surface area contributed by atoms with Crippen LogP contribution in [0.3, 0.4) is 0 Å². The number of esters is 1. The normalized spacial score (nSPS) is 13.6. The molecule has 0 saturated heterocycles. The van der Waals surface area contributed by atoms with Crippen molar-refractivity contribution < 1.29 is 9.53 Å². The molecule has 0 aliphatic heterocycles. The number of rotatable bonds is 5. The lowest BCUT2D eigenvalue weighted by molar-refractivity contribution is -0.134. The molecule has 80 valence electrons. The Bertz CT molecular complexity index is 244. The van der Waals surface area contributed by atoms with Gasteiger partial charge in [0.15, 0.2) is 0 Å². The number of hydrogen-bond acceptors (Lipinski definition) is 2. The van der Waals surface area contributed by atoms with Gasteiger partial charge in [-0.3, -0.25) is 0 Å². The van der Waals surface area contributed by atoms with Crippen LogP contribution in [-0.4, -0.2) is 17.9 Å². The Hall–Kier alpha value is -0.570. The van der Waals surface area contributed by atoms with Gasteiger partial charge in [-0.2, -0.15) is 0 Å². The Morgan fingerprint density at radius 2 is 2.14 bits per heavy atom. The fourth-order valence-electron chi connectivity index (χ4n) is 0.933. The smallest absolute Gasteiger partial charge is 0.330 e. The van der Waals surface area contributed by atoms with Gasteiger partial charge in [0.05, 0.1) is 7.11 Å². The fraction of sp³-hybridized carbons (Fsp3) is 0.545. The van der Waals surface area contributed by atoms with Crippen molar-refractivity contribution in [2.45, 2.75) is 31.5 Å². The van der Waals surface area contributed by atoms with Crippen LogP contribution in [0, 0.1) is 0 Å². The molecule has 0 fully saturated rings. The van der Waals surface area contributed by atoms with Gasteiger partial charge in [-0.05, 0) is 26.7 Å². The van der Waals surface area contributed by atoms with Crippen LogP contribution in [0.1, 0.15) is 26.7 Å². The summed E-state index contributed by atoms with van der Waals surface area (Å²) in [5, 5.41) is 0. The topological polar surface area (TPSA) is 26.3 Å². The third-order valence-corrected chi connectivity index (χ3v) is 3.13. The summed E-state index contributed by atoms with van der Waals surface area (Å²) in [5.41, 5.74) is 2.14. The van der Waals surface area contributed by atoms with Gasteiger partial charge < -0.3 is 4.74 Å². The van der Waals surface area contributed by atoms with Gasteiger partial charge in [0.2, 0.25) is 0 Å².